The Balaban J connectivity index is 2.19. The lowest BCUT2D eigenvalue weighted by atomic mass is 10.1. The Morgan fingerprint density at radius 1 is 1.28 bits per heavy atom. The van der Waals surface area contributed by atoms with Gasteiger partial charge in [0.15, 0.2) is 0 Å². The van der Waals surface area contributed by atoms with Gasteiger partial charge in [0.2, 0.25) is 0 Å². The second-order valence-corrected chi connectivity index (χ2v) is 6.42. The molecule has 146 valence electrons. The van der Waals surface area contributed by atoms with Crippen LogP contribution in [0.25, 0.3) is 16.9 Å². The molecule has 0 saturated heterocycles. The van der Waals surface area contributed by atoms with Crippen LogP contribution in [0.15, 0.2) is 59.4 Å². The van der Waals surface area contributed by atoms with Gasteiger partial charge >= 0.3 is 0 Å². The first-order chi connectivity index (χ1) is 13.9. The number of nitrogens with zero attached hydrogens (tertiary/aromatic N) is 3. The number of benzene rings is 2. The number of carbonyl (C=O) groups is 1. The number of amides is 1. The van der Waals surface area contributed by atoms with Crippen molar-refractivity contribution in [3.8, 4) is 23.0 Å². The first kappa shape index (κ1) is 20.2. The molecule has 2 N–H and O–H groups in total. The van der Waals surface area contributed by atoms with E-state index < -0.39 is 29.9 Å². The molecule has 0 bridgehead atoms. The fourth-order valence-electron chi connectivity index (χ4n) is 2.56. The molecule has 0 aliphatic heterocycles. The highest BCUT2D eigenvalue weighted by Crippen LogP contribution is 2.20. The minimum atomic E-state index is -1.18. The van der Waals surface area contributed by atoms with Crippen molar-refractivity contribution in [2.45, 2.75) is 6.04 Å². The highest BCUT2D eigenvalue weighted by molar-refractivity contribution is 6.30. The summed E-state index contributed by atoms with van der Waals surface area (Å²) < 4.78 is 14.6. The third kappa shape index (κ3) is 4.48. The van der Waals surface area contributed by atoms with Gasteiger partial charge in [-0.05, 0) is 36.4 Å². The molecule has 0 aliphatic carbocycles. The van der Waals surface area contributed by atoms with E-state index >= 15 is 0 Å². The van der Waals surface area contributed by atoms with Crippen molar-refractivity contribution in [2.24, 2.45) is 0 Å². The van der Waals surface area contributed by atoms with Gasteiger partial charge in [-0.25, -0.2) is 4.39 Å². The lowest BCUT2D eigenvalue weighted by Crippen LogP contribution is -2.40. The molecule has 1 unspecified atom stereocenters. The second kappa shape index (κ2) is 8.65. The zero-order valence-corrected chi connectivity index (χ0v) is 15.6. The molecule has 0 radical (unpaired) electrons. The van der Waals surface area contributed by atoms with Crippen molar-refractivity contribution >= 4 is 17.5 Å². The van der Waals surface area contributed by atoms with Crippen LogP contribution in [0, 0.1) is 17.1 Å². The summed E-state index contributed by atoms with van der Waals surface area (Å²) in [5.41, 5.74) is -0.178. The Morgan fingerprint density at radius 3 is 2.62 bits per heavy atom. The van der Waals surface area contributed by atoms with E-state index in [2.05, 4.69) is 10.4 Å². The Kier molecular flexibility index (Phi) is 6.02. The van der Waals surface area contributed by atoms with Gasteiger partial charge in [-0.15, -0.1) is 0 Å². The molecule has 0 aliphatic rings. The topological polar surface area (TPSA) is 108 Å². The summed E-state index contributed by atoms with van der Waals surface area (Å²) in [5.74, 6) is -1.44. The van der Waals surface area contributed by atoms with Crippen molar-refractivity contribution in [1.29, 1.82) is 5.26 Å². The fraction of sp³-hybridized carbons (Fsp3) is 0.100. The van der Waals surface area contributed by atoms with E-state index in [1.54, 1.807) is 30.3 Å². The smallest absolute Gasteiger partial charge is 0.284 e. The SMILES string of the molecule is N#CC(CO)NC(=O)c1cc(-c2ccc(Cl)cc2)nn(-c2cccc(F)c2)c1=O. The molecule has 0 saturated carbocycles. The monoisotopic (exact) mass is 412 g/mol. The molecule has 3 aromatic rings. The predicted octanol–water partition coefficient (Wildman–Crippen LogP) is 2.31. The number of rotatable bonds is 5. The van der Waals surface area contributed by atoms with Crippen LogP contribution in [0.5, 0.6) is 0 Å². The van der Waals surface area contributed by atoms with Gasteiger partial charge in [0, 0.05) is 10.6 Å². The number of hydrogen-bond donors (Lipinski definition) is 2. The van der Waals surface area contributed by atoms with E-state index in [4.69, 9.17) is 22.0 Å². The maximum absolute atomic E-state index is 13.7. The lowest BCUT2D eigenvalue weighted by molar-refractivity contribution is 0.0929. The van der Waals surface area contributed by atoms with Crippen molar-refractivity contribution in [1.82, 2.24) is 15.1 Å². The summed E-state index contributed by atoms with van der Waals surface area (Å²) >= 11 is 5.90. The van der Waals surface area contributed by atoms with E-state index in [0.29, 0.717) is 10.6 Å². The molecule has 29 heavy (non-hydrogen) atoms. The van der Waals surface area contributed by atoms with Crippen LogP contribution >= 0.6 is 11.6 Å². The molecule has 7 nitrogen and oxygen atoms in total. The quantitative estimate of drug-likeness (QED) is 0.668. The molecular weight excluding hydrogens is 399 g/mol. The molecule has 2 aromatic carbocycles. The Hall–Kier alpha value is -3.54. The maximum Gasteiger partial charge on any atom is 0.284 e. The van der Waals surface area contributed by atoms with Crippen molar-refractivity contribution in [3.63, 3.8) is 0 Å². The van der Waals surface area contributed by atoms with E-state index in [1.165, 1.54) is 24.3 Å². The number of carbonyl (C=O) groups excluding carboxylic acids is 1. The largest absolute Gasteiger partial charge is 0.393 e. The average molecular weight is 413 g/mol. The van der Waals surface area contributed by atoms with Crippen molar-refractivity contribution in [2.75, 3.05) is 6.61 Å². The normalized spacial score (nSPS) is 11.5. The number of nitriles is 1. The molecule has 9 heteroatoms. The van der Waals surface area contributed by atoms with E-state index in [-0.39, 0.29) is 16.9 Å². The number of nitrogens with one attached hydrogen (secondary N) is 1. The molecule has 0 spiro atoms. The van der Waals surface area contributed by atoms with Gasteiger partial charge in [0.05, 0.1) is 24.1 Å². The van der Waals surface area contributed by atoms with Crippen LogP contribution in [0.3, 0.4) is 0 Å². The fourth-order valence-corrected chi connectivity index (χ4v) is 2.68. The highest BCUT2D eigenvalue weighted by Gasteiger charge is 2.20. The van der Waals surface area contributed by atoms with Gasteiger partial charge in [0.25, 0.3) is 11.5 Å². The van der Waals surface area contributed by atoms with Crippen LogP contribution < -0.4 is 10.9 Å². The summed E-state index contributed by atoms with van der Waals surface area (Å²) in [4.78, 5) is 25.4. The molecule has 1 atom stereocenters. The van der Waals surface area contributed by atoms with Crippen LogP contribution in [0.1, 0.15) is 10.4 Å². The molecular formula is C20H14ClFN4O3. The summed E-state index contributed by atoms with van der Waals surface area (Å²) in [6, 6.07) is 13.5. The first-order valence-electron chi connectivity index (χ1n) is 8.40. The second-order valence-electron chi connectivity index (χ2n) is 5.98. The van der Waals surface area contributed by atoms with Gasteiger partial charge in [-0.2, -0.15) is 15.0 Å². The number of hydrogen-bond acceptors (Lipinski definition) is 5. The molecule has 3 rings (SSSR count). The van der Waals surface area contributed by atoms with Crippen molar-refractivity contribution < 1.29 is 14.3 Å². The number of aliphatic hydroxyl groups excluding tert-OH is 1. The third-order valence-electron chi connectivity index (χ3n) is 3.99. The van der Waals surface area contributed by atoms with E-state index in [0.717, 1.165) is 10.7 Å². The van der Waals surface area contributed by atoms with Gasteiger partial charge in [0.1, 0.15) is 17.4 Å². The zero-order chi connectivity index (χ0) is 21.0. The number of aromatic nitrogens is 2. The van der Waals surface area contributed by atoms with Crippen molar-refractivity contribution in [3.05, 3.63) is 81.4 Å². The highest BCUT2D eigenvalue weighted by atomic mass is 35.5. The van der Waals surface area contributed by atoms with Crippen LogP contribution in [-0.4, -0.2) is 33.4 Å². The summed E-state index contributed by atoms with van der Waals surface area (Å²) in [6.45, 7) is -0.616. The molecule has 1 heterocycles. The van der Waals surface area contributed by atoms with Crippen LogP contribution in [0.2, 0.25) is 5.02 Å². The number of halogens is 2. The van der Waals surface area contributed by atoms with Gasteiger partial charge in [-0.1, -0.05) is 29.8 Å². The Morgan fingerprint density at radius 2 is 2.00 bits per heavy atom. The minimum absolute atomic E-state index is 0.124. The van der Waals surface area contributed by atoms with Gasteiger partial charge < -0.3 is 10.4 Å². The summed E-state index contributed by atoms with van der Waals surface area (Å²) in [7, 11) is 0. The Bertz CT molecular complexity index is 1160. The standard InChI is InChI=1S/C20H14ClFN4O3/c21-13-6-4-12(5-7-13)18-9-17(19(28)24-15(10-23)11-27)20(29)26(25-18)16-3-1-2-14(22)8-16/h1-9,15,27H,11H2,(H,24,28). The van der Waals surface area contributed by atoms with E-state index in [9.17, 15) is 14.0 Å². The summed E-state index contributed by atoms with van der Waals surface area (Å²) in [6.07, 6.45) is 0. The third-order valence-corrected chi connectivity index (χ3v) is 4.24. The maximum atomic E-state index is 13.7. The average Bonchev–Trinajstić information content (AvgIpc) is 2.72. The lowest BCUT2D eigenvalue weighted by Gasteiger charge is -2.12. The zero-order valence-electron chi connectivity index (χ0n) is 14.8. The first-order valence-corrected chi connectivity index (χ1v) is 8.78. The van der Waals surface area contributed by atoms with Crippen LogP contribution in [0.4, 0.5) is 4.39 Å². The molecule has 1 amide bonds. The minimum Gasteiger partial charge on any atom is -0.393 e. The predicted molar refractivity (Wildman–Crippen MR) is 104 cm³/mol. The Labute approximate surface area is 169 Å². The van der Waals surface area contributed by atoms with Gasteiger partial charge in [-0.3, -0.25) is 9.59 Å². The van der Waals surface area contributed by atoms with Crippen LogP contribution in [-0.2, 0) is 0 Å². The van der Waals surface area contributed by atoms with E-state index in [1.807, 2.05) is 0 Å². The molecule has 0 fully saturated rings. The summed E-state index contributed by atoms with van der Waals surface area (Å²) in [5, 5.41) is 25.1. The number of aliphatic hydroxyl groups is 1. The molecule has 1 aromatic heterocycles.